The molecule has 0 saturated heterocycles. The number of allylic oxidation sites excluding steroid dienone is 4. The van der Waals surface area contributed by atoms with Crippen LogP contribution in [-0.4, -0.2) is 85.3 Å². The van der Waals surface area contributed by atoms with Crippen LogP contribution in [0.4, 0.5) is 5.69 Å². The summed E-state index contributed by atoms with van der Waals surface area (Å²) >= 11 is 0. The summed E-state index contributed by atoms with van der Waals surface area (Å²) in [7, 11) is -0.925. The van der Waals surface area contributed by atoms with Gasteiger partial charge in [0.15, 0.2) is 12.3 Å². The van der Waals surface area contributed by atoms with Crippen LogP contribution in [0.1, 0.15) is 85.1 Å². The molecule has 3 aliphatic rings. The van der Waals surface area contributed by atoms with E-state index in [9.17, 15) is 17.8 Å². The van der Waals surface area contributed by atoms with E-state index in [4.69, 9.17) is 14.6 Å². The van der Waals surface area contributed by atoms with Gasteiger partial charge in [0.2, 0.25) is 5.69 Å². The average molecular weight is 658 g/mol. The molecule has 3 atom stereocenters. The highest BCUT2D eigenvalue weighted by Crippen LogP contribution is 2.58. The third-order valence-electron chi connectivity index (χ3n) is 10.7. The Kier molecular flexibility index (Phi) is 11.1. The van der Waals surface area contributed by atoms with Crippen molar-refractivity contribution in [1.82, 2.24) is 4.90 Å². The summed E-state index contributed by atoms with van der Waals surface area (Å²) in [6.07, 6.45) is 14.3. The lowest BCUT2D eigenvalue weighted by molar-refractivity contribution is -0.441. The fraction of sp³-hybridized carbons (Fsp3) is 0.611. The molecule has 4 rings (SSSR count). The lowest BCUT2D eigenvalue weighted by atomic mass is 9.64. The van der Waals surface area contributed by atoms with Gasteiger partial charge in [0.25, 0.3) is 10.1 Å². The van der Waals surface area contributed by atoms with Gasteiger partial charge in [-0.25, -0.2) is 0 Å². The molecule has 0 amide bonds. The molecule has 0 radical (unpaired) electrons. The van der Waals surface area contributed by atoms with E-state index < -0.39 is 21.5 Å². The normalized spacial score (nSPS) is 25.6. The van der Waals surface area contributed by atoms with Gasteiger partial charge in [-0.1, -0.05) is 38.5 Å². The molecule has 9 nitrogen and oxygen atoms in total. The summed E-state index contributed by atoms with van der Waals surface area (Å²) in [5.41, 5.74) is 4.59. The van der Waals surface area contributed by atoms with Crippen molar-refractivity contribution in [1.29, 1.82) is 0 Å². The fourth-order valence-electron chi connectivity index (χ4n) is 7.86. The standard InChI is InChI=1S/C36H52N2O7S/c1-26-13-11-14-28-33(26)38(21-10-8-9-16-32(39)40)36(5,35(28,4)20-23-44-6)19-12-15-31-34(2,3)29-25-27(46(41,42)43)17-18-30(29)37(31)22-24-45-7/h11-12,14-15,17-18,25-26H,8-10,13,16,19-24H2,1-7H3,(H-,39,40,41,42,43)/p+1/b15-12+. The first-order chi connectivity index (χ1) is 21.6. The molecule has 46 heavy (non-hydrogen) atoms. The highest BCUT2D eigenvalue weighted by atomic mass is 32.2. The van der Waals surface area contributed by atoms with E-state index in [1.165, 1.54) is 17.3 Å². The van der Waals surface area contributed by atoms with Crippen molar-refractivity contribution >= 4 is 27.5 Å². The van der Waals surface area contributed by atoms with Crippen molar-refractivity contribution in [3.8, 4) is 0 Å². The quantitative estimate of drug-likeness (QED) is 0.117. The van der Waals surface area contributed by atoms with E-state index >= 15 is 0 Å². The number of ether oxygens (including phenoxy) is 2. The molecule has 2 aliphatic heterocycles. The summed E-state index contributed by atoms with van der Waals surface area (Å²) in [5, 5.41) is 9.15. The lowest BCUT2D eigenvalue weighted by Crippen LogP contribution is -2.52. The van der Waals surface area contributed by atoms with Crippen LogP contribution in [0.2, 0.25) is 0 Å². The highest BCUT2D eigenvalue weighted by Gasteiger charge is 2.57. The summed E-state index contributed by atoms with van der Waals surface area (Å²) < 4.78 is 47.1. The summed E-state index contributed by atoms with van der Waals surface area (Å²) in [6, 6.07) is 4.81. The number of carboxylic acids is 1. The monoisotopic (exact) mass is 657 g/mol. The summed E-state index contributed by atoms with van der Waals surface area (Å²) in [5.74, 6) is -0.367. The van der Waals surface area contributed by atoms with Gasteiger partial charge >= 0.3 is 5.97 Å². The van der Waals surface area contributed by atoms with Crippen LogP contribution < -0.4 is 0 Å². The number of methoxy groups -OCH3 is 2. The second-order valence-corrected chi connectivity index (χ2v) is 15.4. The number of fused-ring (bicyclic) bond motifs is 1. The average Bonchev–Trinajstić information content (AvgIpc) is 3.31. The molecule has 3 unspecified atom stereocenters. The van der Waals surface area contributed by atoms with Gasteiger partial charge in [0.05, 0.1) is 15.8 Å². The van der Waals surface area contributed by atoms with Gasteiger partial charge in [-0.15, -0.1) is 0 Å². The molecular formula is C36H53N2O7S+. The Morgan fingerprint density at radius 1 is 1.11 bits per heavy atom. The first-order valence-electron chi connectivity index (χ1n) is 16.5. The number of hydrogen-bond acceptors (Lipinski definition) is 6. The third kappa shape index (κ3) is 6.77. The molecule has 0 spiro atoms. The van der Waals surface area contributed by atoms with Gasteiger partial charge in [0, 0.05) is 62.6 Å². The SMILES string of the molecule is COCC[N+]1=C(/C=C/CC2(C)N(CCCCCC(=O)O)C3=C(C=CCC3C)C2(C)CCOC)C(C)(C)c2cc(S(=O)(=O)O)ccc21. The van der Waals surface area contributed by atoms with E-state index in [1.807, 2.05) is 0 Å². The maximum atomic E-state index is 12.0. The molecule has 1 aliphatic carbocycles. The molecule has 0 fully saturated rings. The topological polar surface area (TPSA) is 116 Å². The molecule has 254 valence electrons. The largest absolute Gasteiger partial charge is 0.481 e. The van der Waals surface area contributed by atoms with E-state index in [0.29, 0.717) is 32.1 Å². The minimum absolute atomic E-state index is 0.110. The van der Waals surface area contributed by atoms with E-state index in [-0.39, 0.29) is 22.3 Å². The van der Waals surface area contributed by atoms with Gasteiger partial charge in [-0.05, 0) is 76.5 Å². The Bertz CT molecular complexity index is 1540. The number of benzene rings is 1. The molecule has 2 heterocycles. The number of carboxylic acid groups (broad SMARTS) is 1. The van der Waals surface area contributed by atoms with E-state index in [2.05, 4.69) is 68.4 Å². The zero-order chi connectivity index (χ0) is 33.9. The smallest absolute Gasteiger partial charge is 0.303 e. The van der Waals surface area contributed by atoms with Gasteiger partial charge in [-0.2, -0.15) is 13.0 Å². The Morgan fingerprint density at radius 3 is 2.48 bits per heavy atom. The Balaban J connectivity index is 1.73. The van der Waals surface area contributed by atoms with Crippen molar-refractivity contribution in [2.45, 2.75) is 95.4 Å². The number of carbonyl (C=O) groups is 1. The maximum Gasteiger partial charge on any atom is 0.303 e. The second-order valence-electron chi connectivity index (χ2n) is 14.0. The fourth-order valence-corrected chi connectivity index (χ4v) is 8.37. The van der Waals surface area contributed by atoms with E-state index in [1.54, 1.807) is 26.4 Å². The van der Waals surface area contributed by atoms with Crippen LogP contribution in [0.25, 0.3) is 0 Å². The minimum Gasteiger partial charge on any atom is -0.481 e. The first-order valence-corrected chi connectivity index (χ1v) is 17.9. The molecule has 1 aromatic rings. The van der Waals surface area contributed by atoms with Gasteiger partial charge in [-0.3, -0.25) is 9.35 Å². The second kappa shape index (κ2) is 14.1. The Morgan fingerprint density at radius 2 is 1.83 bits per heavy atom. The third-order valence-corrected chi connectivity index (χ3v) is 11.6. The van der Waals surface area contributed by atoms with Gasteiger partial charge < -0.3 is 19.5 Å². The number of nitrogens with zero attached hydrogens (tertiary/aromatic N) is 2. The predicted octanol–water partition coefficient (Wildman–Crippen LogP) is 6.51. The van der Waals surface area contributed by atoms with Crippen molar-refractivity contribution in [2.75, 3.05) is 40.5 Å². The van der Waals surface area contributed by atoms with Crippen molar-refractivity contribution < 1.29 is 36.9 Å². The van der Waals surface area contributed by atoms with Crippen LogP contribution in [0.5, 0.6) is 0 Å². The molecule has 0 bridgehead atoms. The first kappa shape index (κ1) is 36.1. The Hall–Kier alpha value is -2.79. The van der Waals surface area contributed by atoms with E-state index in [0.717, 1.165) is 55.6 Å². The highest BCUT2D eigenvalue weighted by molar-refractivity contribution is 7.85. The Labute approximate surface area is 275 Å². The van der Waals surface area contributed by atoms with Crippen molar-refractivity contribution in [3.63, 3.8) is 0 Å². The van der Waals surface area contributed by atoms with Crippen LogP contribution in [-0.2, 0) is 29.8 Å². The zero-order valence-corrected chi connectivity index (χ0v) is 29.5. The summed E-state index contributed by atoms with van der Waals surface area (Å²) in [6.45, 7) is 13.8. The number of hydrogen-bond donors (Lipinski definition) is 2. The molecule has 10 heteroatoms. The number of unbranched alkanes of at least 4 members (excludes halogenated alkanes) is 2. The van der Waals surface area contributed by atoms with Crippen LogP contribution in [0, 0.1) is 11.3 Å². The summed E-state index contributed by atoms with van der Waals surface area (Å²) in [4.78, 5) is 13.6. The zero-order valence-electron chi connectivity index (χ0n) is 28.6. The minimum atomic E-state index is -4.35. The molecule has 0 saturated carbocycles. The van der Waals surface area contributed by atoms with Crippen molar-refractivity contribution in [3.05, 3.63) is 59.3 Å². The molecular weight excluding hydrogens is 604 g/mol. The number of aliphatic carboxylic acids is 1. The number of rotatable bonds is 16. The molecule has 0 aromatic heterocycles. The molecule has 2 N–H and O–H groups in total. The van der Waals surface area contributed by atoms with Crippen LogP contribution in [0.15, 0.2) is 58.7 Å². The van der Waals surface area contributed by atoms with Crippen LogP contribution in [0.3, 0.4) is 0 Å². The predicted molar refractivity (Wildman–Crippen MR) is 180 cm³/mol. The lowest BCUT2D eigenvalue weighted by Gasteiger charge is -2.49. The molecule has 1 aromatic carbocycles. The van der Waals surface area contributed by atoms with Crippen LogP contribution >= 0.6 is 0 Å². The van der Waals surface area contributed by atoms with Gasteiger partial charge in [0.1, 0.15) is 6.61 Å². The maximum absolute atomic E-state index is 12.0. The van der Waals surface area contributed by atoms with Crippen molar-refractivity contribution in [2.24, 2.45) is 11.3 Å².